The quantitative estimate of drug-likeness (QED) is 0.810. The smallest absolute Gasteiger partial charge is 0.365 e. The molecule has 0 spiro atoms. The van der Waals surface area contributed by atoms with Gasteiger partial charge in [-0.1, -0.05) is 13.3 Å². The van der Waals surface area contributed by atoms with E-state index < -0.39 is 5.97 Å². The molecule has 0 bridgehead atoms. The van der Waals surface area contributed by atoms with E-state index in [1.165, 1.54) is 17.8 Å². The molecule has 1 N–H and O–H groups in total. The van der Waals surface area contributed by atoms with Crippen LogP contribution in [0.5, 0.6) is 0 Å². The highest BCUT2D eigenvalue weighted by Crippen LogP contribution is 2.11. The van der Waals surface area contributed by atoms with Gasteiger partial charge in [-0.15, -0.1) is 11.3 Å². The molecule has 0 saturated heterocycles. The lowest BCUT2D eigenvalue weighted by Gasteiger charge is -2.13. The third kappa shape index (κ3) is 3.97. The maximum atomic E-state index is 10.6. The van der Waals surface area contributed by atoms with Crippen LogP contribution in [0.15, 0.2) is 5.38 Å². The van der Waals surface area contributed by atoms with Gasteiger partial charge in [-0.05, 0) is 20.0 Å². The fraction of sp³-hybridized carbons (Fsp3) is 0.600. The first kappa shape index (κ1) is 12.1. The summed E-state index contributed by atoms with van der Waals surface area (Å²) < 4.78 is 0. The molecule has 0 aliphatic carbocycles. The van der Waals surface area contributed by atoms with E-state index in [0.717, 1.165) is 25.2 Å². The molecule has 84 valence electrons. The van der Waals surface area contributed by atoms with E-state index in [-0.39, 0.29) is 5.01 Å². The van der Waals surface area contributed by atoms with Crippen molar-refractivity contribution >= 4 is 17.3 Å². The minimum atomic E-state index is -0.942. The number of carboxylic acids is 1. The van der Waals surface area contributed by atoms with Crippen LogP contribution in [-0.4, -0.2) is 34.6 Å². The number of carbonyl (C=O) groups is 1. The van der Waals surface area contributed by atoms with Gasteiger partial charge in [-0.25, -0.2) is 9.78 Å². The first-order chi connectivity index (χ1) is 7.13. The van der Waals surface area contributed by atoms with Crippen LogP contribution < -0.4 is 0 Å². The standard InChI is InChI=1S/C10H16N2O2S/c1-3-4-5-12(2)6-8-7-15-9(11-8)10(13)14/h7H,3-6H2,1-2H3,(H,13,14). The molecule has 0 radical (unpaired) electrons. The molecule has 0 aliphatic rings. The zero-order chi connectivity index (χ0) is 11.3. The van der Waals surface area contributed by atoms with Crippen LogP contribution in [0.25, 0.3) is 0 Å². The molecule has 4 nitrogen and oxygen atoms in total. The van der Waals surface area contributed by atoms with Gasteiger partial charge in [-0.3, -0.25) is 0 Å². The average molecular weight is 228 g/mol. The van der Waals surface area contributed by atoms with Crippen LogP contribution in [0.2, 0.25) is 0 Å². The van der Waals surface area contributed by atoms with Crippen LogP contribution >= 0.6 is 11.3 Å². The van der Waals surface area contributed by atoms with Crippen LogP contribution in [0.4, 0.5) is 0 Å². The van der Waals surface area contributed by atoms with Crippen molar-refractivity contribution in [2.45, 2.75) is 26.3 Å². The summed E-state index contributed by atoms with van der Waals surface area (Å²) in [6.45, 7) is 3.90. The number of carboxylic acid groups (broad SMARTS) is 1. The normalized spacial score (nSPS) is 10.9. The predicted molar refractivity (Wildman–Crippen MR) is 60.3 cm³/mol. The highest BCUT2D eigenvalue weighted by Gasteiger charge is 2.09. The van der Waals surface area contributed by atoms with Crippen molar-refractivity contribution in [2.24, 2.45) is 0 Å². The Morgan fingerprint density at radius 1 is 1.67 bits per heavy atom. The van der Waals surface area contributed by atoms with Gasteiger partial charge in [0.1, 0.15) is 0 Å². The summed E-state index contributed by atoms with van der Waals surface area (Å²) in [7, 11) is 2.02. The number of thiazole rings is 1. The first-order valence-electron chi connectivity index (χ1n) is 4.99. The molecular weight excluding hydrogens is 212 g/mol. The van der Waals surface area contributed by atoms with Gasteiger partial charge in [-0.2, -0.15) is 0 Å². The second-order valence-corrected chi connectivity index (χ2v) is 4.40. The van der Waals surface area contributed by atoms with Crippen molar-refractivity contribution in [3.63, 3.8) is 0 Å². The number of nitrogens with zero attached hydrogens (tertiary/aromatic N) is 2. The maximum Gasteiger partial charge on any atom is 0.365 e. The summed E-state index contributed by atoms with van der Waals surface area (Å²) in [5.74, 6) is -0.942. The van der Waals surface area contributed by atoms with Gasteiger partial charge in [0, 0.05) is 11.9 Å². The zero-order valence-corrected chi connectivity index (χ0v) is 9.88. The highest BCUT2D eigenvalue weighted by atomic mass is 32.1. The molecule has 0 aromatic carbocycles. The third-order valence-corrected chi connectivity index (χ3v) is 2.94. The van der Waals surface area contributed by atoms with Crippen molar-refractivity contribution in [1.82, 2.24) is 9.88 Å². The summed E-state index contributed by atoms with van der Waals surface area (Å²) in [5, 5.41) is 10.7. The minimum Gasteiger partial charge on any atom is -0.476 e. The van der Waals surface area contributed by atoms with Crippen molar-refractivity contribution < 1.29 is 9.90 Å². The molecule has 0 fully saturated rings. The van der Waals surface area contributed by atoms with E-state index in [4.69, 9.17) is 5.11 Å². The Hall–Kier alpha value is -0.940. The van der Waals surface area contributed by atoms with Gasteiger partial charge >= 0.3 is 5.97 Å². The molecule has 1 heterocycles. The van der Waals surface area contributed by atoms with Crippen LogP contribution in [0, 0.1) is 0 Å². The van der Waals surface area contributed by atoms with E-state index in [2.05, 4.69) is 16.8 Å². The summed E-state index contributed by atoms with van der Waals surface area (Å²) in [6.07, 6.45) is 2.33. The van der Waals surface area contributed by atoms with Crippen molar-refractivity contribution in [3.8, 4) is 0 Å². The largest absolute Gasteiger partial charge is 0.476 e. The minimum absolute atomic E-state index is 0.175. The third-order valence-electron chi connectivity index (χ3n) is 2.06. The molecule has 1 aromatic heterocycles. The molecule has 1 aromatic rings. The molecule has 0 saturated carbocycles. The van der Waals surface area contributed by atoms with Crippen LogP contribution in [0.1, 0.15) is 35.3 Å². The molecule has 0 atom stereocenters. The zero-order valence-electron chi connectivity index (χ0n) is 9.06. The molecule has 0 amide bonds. The Balaban J connectivity index is 2.46. The first-order valence-corrected chi connectivity index (χ1v) is 5.87. The second kappa shape index (κ2) is 5.82. The van der Waals surface area contributed by atoms with E-state index in [1.807, 2.05) is 12.4 Å². The predicted octanol–water partition coefficient (Wildman–Crippen LogP) is 2.07. The summed E-state index contributed by atoms with van der Waals surface area (Å²) in [5.41, 5.74) is 0.844. The Labute approximate surface area is 93.6 Å². The number of unbranched alkanes of at least 4 members (excludes halogenated alkanes) is 1. The molecule has 0 unspecified atom stereocenters. The monoisotopic (exact) mass is 228 g/mol. The van der Waals surface area contributed by atoms with Crippen LogP contribution in [0.3, 0.4) is 0 Å². The van der Waals surface area contributed by atoms with Crippen molar-refractivity contribution in [2.75, 3.05) is 13.6 Å². The number of rotatable bonds is 6. The summed E-state index contributed by atoms with van der Waals surface area (Å²) in [4.78, 5) is 16.8. The molecule has 0 aliphatic heterocycles. The number of hydrogen-bond acceptors (Lipinski definition) is 4. The van der Waals surface area contributed by atoms with Gasteiger partial charge in [0.05, 0.1) is 5.69 Å². The van der Waals surface area contributed by atoms with Gasteiger partial charge < -0.3 is 10.0 Å². The number of hydrogen-bond donors (Lipinski definition) is 1. The lowest BCUT2D eigenvalue weighted by Crippen LogP contribution is -2.19. The Morgan fingerprint density at radius 2 is 2.40 bits per heavy atom. The fourth-order valence-electron chi connectivity index (χ4n) is 1.26. The Kier molecular flexibility index (Phi) is 4.71. The lowest BCUT2D eigenvalue weighted by atomic mass is 10.3. The highest BCUT2D eigenvalue weighted by molar-refractivity contribution is 7.11. The second-order valence-electron chi connectivity index (χ2n) is 3.54. The fourth-order valence-corrected chi connectivity index (χ4v) is 1.91. The summed E-state index contributed by atoms with van der Waals surface area (Å²) in [6, 6.07) is 0. The van der Waals surface area contributed by atoms with Gasteiger partial charge in [0.15, 0.2) is 0 Å². The van der Waals surface area contributed by atoms with E-state index in [9.17, 15) is 4.79 Å². The SMILES string of the molecule is CCCCN(C)Cc1csc(C(=O)O)n1. The van der Waals surface area contributed by atoms with Gasteiger partial charge in [0.2, 0.25) is 5.01 Å². The lowest BCUT2D eigenvalue weighted by molar-refractivity contribution is 0.0696. The molecule has 15 heavy (non-hydrogen) atoms. The van der Waals surface area contributed by atoms with E-state index in [0.29, 0.717) is 0 Å². The maximum absolute atomic E-state index is 10.6. The van der Waals surface area contributed by atoms with Crippen LogP contribution in [-0.2, 0) is 6.54 Å². The Bertz CT molecular complexity index is 325. The van der Waals surface area contributed by atoms with Crippen molar-refractivity contribution in [3.05, 3.63) is 16.1 Å². The average Bonchev–Trinajstić information content (AvgIpc) is 2.63. The molecule has 5 heteroatoms. The summed E-state index contributed by atoms with van der Waals surface area (Å²) >= 11 is 1.19. The Morgan fingerprint density at radius 3 is 2.93 bits per heavy atom. The molecule has 1 rings (SSSR count). The van der Waals surface area contributed by atoms with Gasteiger partial charge in [0.25, 0.3) is 0 Å². The van der Waals surface area contributed by atoms with E-state index in [1.54, 1.807) is 0 Å². The topological polar surface area (TPSA) is 53.4 Å². The molecular formula is C10H16N2O2S. The number of aromatic carboxylic acids is 1. The number of aromatic nitrogens is 1. The van der Waals surface area contributed by atoms with Crippen molar-refractivity contribution in [1.29, 1.82) is 0 Å². The van der Waals surface area contributed by atoms with E-state index >= 15 is 0 Å².